The molecule has 0 saturated heterocycles. The molecule has 1 N–H and O–H groups in total. The Balaban J connectivity index is 2.77. The minimum Gasteiger partial charge on any atom is -0.313 e. The zero-order valence-corrected chi connectivity index (χ0v) is 11.3. The SMILES string of the molecule is CCNC(C)C(C)S(=O)c1cccc(C)c1. The fraction of sp³-hybridized carbons (Fsp3) is 0.538. The third-order valence-electron chi connectivity index (χ3n) is 2.79. The van der Waals surface area contributed by atoms with Gasteiger partial charge in [-0.1, -0.05) is 19.1 Å². The highest BCUT2D eigenvalue weighted by Crippen LogP contribution is 2.15. The maximum absolute atomic E-state index is 12.3. The van der Waals surface area contributed by atoms with Gasteiger partial charge in [0.2, 0.25) is 0 Å². The summed E-state index contributed by atoms with van der Waals surface area (Å²) < 4.78 is 12.3. The Morgan fingerprint density at radius 3 is 2.62 bits per heavy atom. The molecule has 0 heterocycles. The van der Waals surface area contributed by atoms with Crippen LogP contribution in [0, 0.1) is 6.92 Å². The Kier molecular flexibility index (Phi) is 5.16. The summed E-state index contributed by atoms with van der Waals surface area (Å²) in [6, 6.07) is 8.21. The Bertz CT molecular complexity index is 365. The van der Waals surface area contributed by atoms with Crippen LogP contribution in [0.25, 0.3) is 0 Å². The lowest BCUT2D eigenvalue weighted by molar-refractivity contribution is 0.550. The first-order valence-electron chi connectivity index (χ1n) is 5.77. The van der Waals surface area contributed by atoms with Crippen LogP contribution in [-0.4, -0.2) is 22.0 Å². The molecular weight excluding hydrogens is 218 g/mol. The maximum atomic E-state index is 12.3. The Morgan fingerprint density at radius 1 is 1.38 bits per heavy atom. The summed E-state index contributed by atoms with van der Waals surface area (Å²) in [6.07, 6.45) is 0. The quantitative estimate of drug-likeness (QED) is 0.855. The molecule has 0 aromatic heterocycles. The summed E-state index contributed by atoms with van der Waals surface area (Å²) in [5.41, 5.74) is 1.16. The molecule has 0 fully saturated rings. The van der Waals surface area contributed by atoms with Crippen molar-refractivity contribution in [2.75, 3.05) is 6.54 Å². The first-order chi connectivity index (χ1) is 7.56. The van der Waals surface area contributed by atoms with E-state index in [-0.39, 0.29) is 11.3 Å². The predicted molar refractivity (Wildman–Crippen MR) is 70.2 cm³/mol. The maximum Gasteiger partial charge on any atom is 0.0573 e. The molecule has 16 heavy (non-hydrogen) atoms. The lowest BCUT2D eigenvalue weighted by Gasteiger charge is -2.20. The lowest BCUT2D eigenvalue weighted by Crippen LogP contribution is -2.37. The molecule has 0 spiro atoms. The standard InChI is InChI=1S/C13H21NOS/c1-5-14-11(3)12(4)16(15)13-8-6-7-10(2)9-13/h6-9,11-12,14H,5H2,1-4H3. The number of aryl methyl sites for hydroxylation is 1. The molecule has 90 valence electrons. The van der Waals surface area contributed by atoms with E-state index in [2.05, 4.69) is 19.2 Å². The van der Waals surface area contributed by atoms with E-state index >= 15 is 0 Å². The van der Waals surface area contributed by atoms with Crippen molar-refractivity contribution in [3.8, 4) is 0 Å². The summed E-state index contributed by atoms with van der Waals surface area (Å²) in [5, 5.41) is 3.44. The molecule has 1 aromatic rings. The third kappa shape index (κ3) is 3.42. The molecule has 3 atom stereocenters. The first-order valence-corrected chi connectivity index (χ1v) is 6.98. The van der Waals surface area contributed by atoms with Gasteiger partial charge in [0.1, 0.15) is 0 Å². The predicted octanol–water partition coefficient (Wildman–Crippen LogP) is 2.49. The molecule has 3 unspecified atom stereocenters. The second kappa shape index (κ2) is 6.16. The lowest BCUT2D eigenvalue weighted by atomic mass is 10.2. The highest BCUT2D eigenvalue weighted by atomic mass is 32.2. The summed E-state index contributed by atoms with van der Waals surface area (Å²) in [4.78, 5) is 0.928. The van der Waals surface area contributed by atoms with E-state index in [9.17, 15) is 4.21 Å². The van der Waals surface area contributed by atoms with Crippen molar-refractivity contribution < 1.29 is 4.21 Å². The molecule has 0 saturated carbocycles. The Labute approximate surface area is 101 Å². The number of hydrogen-bond donors (Lipinski definition) is 1. The topological polar surface area (TPSA) is 29.1 Å². The second-order valence-corrected chi connectivity index (χ2v) is 5.98. The first kappa shape index (κ1) is 13.4. The molecule has 0 aliphatic carbocycles. The zero-order valence-electron chi connectivity index (χ0n) is 10.5. The molecule has 0 aliphatic rings. The van der Waals surface area contributed by atoms with E-state index in [4.69, 9.17) is 0 Å². The van der Waals surface area contributed by atoms with Crippen LogP contribution >= 0.6 is 0 Å². The summed E-state index contributed by atoms with van der Waals surface area (Å²) in [7, 11) is -0.933. The van der Waals surface area contributed by atoms with Gasteiger partial charge in [0.25, 0.3) is 0 Å². The van der Waals surface area contributed by atoms with Crippen LogP contribution in [0.5, 0.6) is 0 Å². The number of nitrogens with one attached hydrogen (secondary N) is 1. The fourth-order valence-corrected chi connectivity index (χ4v) is 3.04. The minimum atomic E-state index is -0.933. The second-order valence-electron chi connectivity index (χ2n) is 4.17. The van der Waals surface area contributed by atoms with Crippen molar-refractivity contribution in [1.29, 1.82) is 0 Å². The summed E-state index contributed by atoms with van der Waals surface area (Å²) in [5.74, 6) is 0. The van der Waals surface area contributed by atoms with Crippen LogP contribution in [0.4, 0.5) is 0 Å². The molecule has 0 aliphatic heterocycles. The largest absolute Gasteiger partial charge is 0.313 e. The van der Waals surface area contributed by atoms with Crippen LogP contribution < -0.4 is 5.32 Å². The van der Waals surface area contributed by atoms with Gasteiger partial charge in [-0.15, -0.1) is 0 Å². The van der Waals surface area contributed by atoms with Gasteiger partial charge >= 0.3 is 0 Å². The highest BCUT2D eigenvalue weighted by Gasteiger charge is 2.19. The van der Waals surface area contributed by atoms with Crippen molar-refractivity contribution in [2.45, 2.75) is 43.9 Å². The Morgan fingerprint density at radius 2 is 2.06 bits per heavy atom. The van der Waals surface area contributed by atoms with Crippen LogP contribution in [-0.2, 0) is 10.8 Å². The summed E-state index contributed by atoms with van der Waals surface area (Å²) in [6.45, 7) is 9.13. The van der Waals surface area contributed by atoms with E-state index in [0.29, 0.717) is 0 Å². The van der Waals surface area contributed by atoms with Crippen molar-refractivity contribution >= 4 is 10.8 Å². The van der Waals surface area contributed by atoms with Crippen molar-refractivity contribution in [1.82, 2.24) is 5.32 Å². The van der Waals surface area contributed by atoms with Gasteiger partial charge in [-0.25, -0.2) is 0 Å². The van der Waals surface area contributed by atoms with Gasteiger partial charge in [0, 0.05) is 10.9 Å². The molecule has 1 aromatic carbocycles. The third-order valence-corrected chi connectivity index (χ3v) is 4.59. The average molecular weight is 239 g/mol. The molecule has 3 heteroatoms. The molecule has 0 radical (unpaired) electrons. The highest BCUT2D eigenvalue weighted by molar-refractivity contribution is 7.85. The van der Waals surface area contributed by atoms with E-state index < -0.39 is 10.8 Å². The zero-order chi connectivity index (χ0) is 12.1. The minimum absolute atomic E-state index is 0.127. The van der Waals surface area contributed by atoms with Crippen LogP contribution in [0.1, 0.15) is 26.3 Å². The van der Waals surface area contributed by atoms with Gasteiger partial charge < -0.3 is 5.32 Å². The molecular formula is C13H21NOS. The molecule has 0 bridgehead atoms. The number of hydrogen-bond acceptors (Lipinski definition) is 2. The van der Waals surface area contributed by atoms with Crippen LogP contribution in [0.3, 0.4) is 0 Å². The fourth-order valence-electron chi connectivity index (χ4n) is 1.63. The smallest absolute Gasteiger partial charge is 0.0573 e. The number of rotatable bonds is 5. The van der Waals surface area contributed by atoms with Crippen molar-refractivity contribution in [3.05, 3.63) is 29.8 Å². The van der Waals surface area contributed by atoms with E-state index in [0.717, 1.165) is 17.0 Å². The van der Waals surface area contributed by atoms with Crippen molar-refractivity contribution in [3.63, 3.8) is 0 Å². The molecule has 1 rings (SSSR count). The van der Waals surface area contributed by atoms with Crippen molar-refractivity contribution in [2.24, 2.45) is 0 Å². The van der Waals surface area contributed by atoms with Gasteiger partial charge in [-0.3, -0.25) is 4.21 Å². The Hall–Kier alpha value is -0.670. The average Bonchev–Trinajstić information content (AvgIpc) is 2.27. The van der Waals surface area contributed by atoms with E-state index in [1.807, 2.05) is 38.1 Å². The van der Waals surface area contributed by atoms with Gasteiger partial charge in [0.15, 0.2) is 0 Å². The van der Waals surface area contributed by atoms with Crippen LogP contribution in [0.2, 0.25) is 0 Å². The van der Waals surface area contributed by atoms with Gasteiger partial charge in [-0.05, 0) is 45.0 Å². The van der Waals surface area contributed by atoms with Gasteiger partial charge in [0.05, 0.1) is 16.0 Å². The van der Waals surface area contributed by atoms with E-state index in [1.165, 1.54) is 0 Å². The number of benzene rings is 1. The monoisotopic (exact) mass is 239 g/mol. The van der Waals surface area contributed by atoms with Gasteiger partial charge in [-0.2, -0.15) is 0 Å². The molecule has 2 nitrogen and oxygen atoms in total. The summed E-state index contributed by atoms with van der Waals surface area (Å²) >= 11 is 0. The van der Waals surface area contributed by atoms with E-state index in [1.54, 1.807) is 0 Å². The van der Waals surface area contributed by atoms with Crippen LogP contribution in [0.15, 0.2) is 29.2 Å². The normalized spacial score (nSPS) is 16.8. The molecule has 0 amide bonds.